The number of nitrogens with two attached hydrogens (primary N) is 1. The van der Waals surface area contributed by atoms with Gasteiger partial charge in [0.15, 0.2) is 11.6 Å². The van der Waals surface area contributed by atoms with Crippen LogP contribution >= 0.6 is 0 Å². The van der Waals surface area contributed by atoms with E-state index in [0.717, 1.165) is 6.07 Å². The van der Waals surface area contributed by atoms with Crippen LogP contribution in [0.15, 0.2) is 6.07 Å². The van der Waals surface area contributed by atoms with E-state index in [2.05, 4.69) is 0 Å². The number of phenols is 1. The average Bonchev–Trinajstić information content (AvgIpc) is 2.91. The molecule has 2 aliphatic carbocycles. The second kappa shape index (κ2) is 4.13. The number of halogens is 3. The normalized spacial score (nSPS) is 33.6. The quantitative estimate of drug-likeness (QED) is 0.871. The fraction of sp³-hybridized carbons (Fsp3) is 0.600. The van der Waals surface area contributed by atoms with E-state index in [1.54, 1.807) is 0 Å². The van der Waals surface area contributed by atoms with E-state index in [4.69, 9.17) is 5.73 Å². The minimum atomic E-state index is -1.23. The van der Waals surface area contributed by atoms with Crippen LogP contribution in [0.1, 0.15) is 49.3 Å². The molecule has 0 radical (unpaired) electrons. The predicted molar refractivity (Wildman–Crippen MR) is 69.0 cm³/mol. The standard InChI is InChI=1S/C15H18F3NO/c1-8-6-9(20)12(17)10(11(8)16)13(19)14-2-4-15(18,7-14)5-3-14/h6,13,20H,2-5,7,19H2,1H3. The molecule has 2 fully saturated rings. The highest BCUT2D eigenvalue weighted by Crippen LogP contribution is 2.63. The number of aryl methyl sites for hydroxylation is 1. The lowest BCUT2D eigenvalue weighted by Gasteiger charge is -2.33. The van der Waals surface area contributed by atoms with Gasteiger partial charge in [-0.05, 0) is 56.1 Å². The molecule has 0 aromatic heterocycles. The van der Waals surface area contributed by atoms with E-state index in [1.807, 2.05) is 0 Å². The number of hydrogen-bond acceptors (Lipinski definition) is 2. The lowest BCUT2D eigenvalue weighted by molar-refractivity contribution is 0.175. The number of benzene rings is 1. The third-order valence-electron chi connectivity index (χ3n) is 5.18. The molecule has 0 saturated heterocycles. The van der Waals surface area contributed by atoms with Crippen molar-refractivity contribution in [2.75, 3.05) is 0 Å². The second-order valence-electron chi connectivity index (χ2n) is 6.42. The van der Waals surface area contributed by atoms with Crippen molar-refractivity contribution in [3.8, 4) is 5.75 Å². The smallest absolute Gasteiger partial charge is 0.172 e. The molecule has 3 rings (SSSR count). The number of alkyl halides is 1. The molecule has 1 atom stereocenters. The Kier molecular flexibility index (Phi) is 2.84. The molecular formula is C15H18F3NO. The molecule has 2 bridgehead atoms. The van der Waals surface area contributed by atoms with Crippen molar-refractivity contribution in [2.45, 2.75) is 50.7 Å². The Bertz CT molecular complexity index is 538. The van der Waals surface area contributed by atoms with Crippen molar-refractivity contribution in [3.63, 3.8) is 0 Å². The SMILES string of the molecule is Cc1cc(O)c(F)c(C(N)C23CCC(F)(CC2)C3)c1F. The van der Waals surface area contributed by atoms with Crippen LogP contribution in [0.3, 0.4) is 0 Å². The first-order chi connectivity index (χ1) is 9.28. The fourth-order valence-electron chi connectivity index (χ4n) is 3.96. The van der Waals surface area contributed by atoms with E-state index in [0.29, 0.717) is 25.7 Å². The Morgan fingerprint density at radius 3 is 2.30 bits per heavy atom. The van der Waals surface area contributed by atoms with Gasteiger partial charge >= 0.3 is 0 Å². The Hall–Kier alpha value is -1.23. The number of phenolic OH excluding ortho intramolecular Hbond substituents is 1. The van der Waals surface area contributed by atoms with Gasteiger partial charge in [0, 0.05) is 11.6 Å². The molecule has 0 heterocycles. The van der Waals surface area contributed by atoms with Gasteiger partial charge in [0.25, 0.3) is 0 Å². The Labute approximate surface area is 115 Å². The van der Waals surface area contributed by atoms with Crippen molar-refractivity contribution < 1.29 is 18.3 Å². The van der Waals surface area contributed by atoms with Gasteiger partial charge in [-0.25, -0.2) is 13.2 Å². The maximum absolute atomic E-state index is 14.3. The second-order valence-corrected chi connectivity index (χ2v) is 6.42. The van der Waals surface area contributed by atoms with Crippen LogP contribution < -0.4 is 5.73 Å². The minimum absolute atomic E-state index is 0.147. The van der Waals surface area contributed by atoms with Gasteiger partial charge in [0.1, 0.15) is 11.5 Å². The van der Waals surface area contributed by atoms with Crippen LogP contribution in [0.4, 0.5) is 13.2 Å². The summed E-state index contributed by atoms with van der Waals surface area (Å²) in [4.78, 5) is 0. The van der Waals surface area contributed by atoms with E-state index in [9.17, 15) is 18.3 Å². The zero-order chi connectivity index (χ0) is 14.7. The zero-order valence-corrected chi connectivity index (χ0v) is 11.3. The molecular weight excluding hydrogens is 267 g/mol. The maximum atomic E-state index is 14.3. The summed E-state index contributed by atoms with van der Waals surface area (Å²) in [5.41, 5.74) is 4.15. The molecule has 2 nitrogen and oxygen atoms in total. The van der Waals surface area contributed by atoms with Crippen molar-refractivity contribution in [1.82, 2.24) is 0 Å². The van der Waals surface area contributed by atoms with Gasteiger partial charge in [0.2, 0.25) is 0 Å². The molecule has 110 valence electrons. The number of aromatic hydroxyl groups is 1. The Morgan fingerprint density at radius 2 is 1.80 bits per heavy atom. The van der Waals surface area contributed by atoms with Crippen molar-refractivity contribution in [3.05, 3.63) is 28.8 Å². The topological polar surface area (TPSA) is 46.2 Å². The van der Waals surface area contributed by atoms with Gasteiger partial charge in [-0.2, -0.15) is 0 Å². The summed E-state index contributed by atoms with van der Waals surface area (Å²) in [5.74, 6) is -2.35. The van der Waals surface area contributed by atoms with Crippen molar-refractivity contribution in [2.24, 2.45) is 11.1 Å². The van der Waals surface area contributed by atoms with Crippen LogP contribution in [0.5, 0.6) is 5.75 Å². The van der Waals surface area contributed by atoms with Crippen LogP contribution in [-0.2, 0) is 0 Å². The summed E-state index contributed by atoms with van der Waals surface area (Å²) < 4.78 is 42.6. The molecule has 3 N–H and O–H groups in total. The Balaban J connectivity index is 2.06. The minimum Gasteiger partial charge on any atom is -0.505 e. The Morgan fingerprint density at radius 1 is 1.20 bits per heavy atom. The largest absolute Gasteiger partial charge is 0.505 e. The van der Waals surface area contributed by atoms with Crippen LogP contribution in [0.2, 0.25) is 0 Å². The van der Waals surface area contributed by atoms with Crippen LogP contribution in [-0.4, -0.2) is 10.8 Å². The van der Waals surface area contributed by atoms with E-state index in [1.165, 1.54) is 6.92 Å². The highest BCUT2D eigenvalue weighted by atomic mass is 19.1. The molecule has 1 aromatic carbocycles. The molecule has 1 aromatic rings. The van der Waals surface area contributed by atoms with Gasteiger partial charge < -0.3 is 10.8 Å². The van der Waals surface area contributed by atoms with Crippen LogP contribution in [0.25, 0.3) is 0 Å². The molecule has 0 aliphatic heterocycles. The molecule has 2 saturated carbocycles. The molecule has 2 aliphatic rings. The molecule has 20 heavy (non-hydrogen) atoms. The first-order valence-corrected chi connectivity index (χ1v) is 6.90. The van der Waals surface area contributed by atoms with Gasteiger partial charge in [-0.1, -0.05) is 0 Å². The van der Waals surface area contributed by atoms with Gasteiger partial charge in [-0.15, -0.1) is 0 Å². The van der Waals surface area contributed by atoms with E-state index < -0.39 is 34.5 Å². The van der Waals surface area contributed by atoms with Crippen molar-refractivity contribution in [1.29, 1.82) is 0 Å². The number of hydrogen-bond donors (Lipinski definition) is 2. The zero-order valence-electron chi connectivity index (χ0n) is 11.3. The van der Waals surface area contributed by atoms with E-state index >= 15 is 0 Å². The molecule has 5 heteroatoms. The number of rotatable bonds is 2. The fourth-order valence-corrected chi connectivity index (χ4v) is 3.96. The van der Waals surface area contributed by atoms with E-state index in [-0.39, 0.29) is 17.5 Å². The lowest BCUT2D eigenvalue weighted by Crippen LogP contribution is -2.32. The summed E-state index contributed by atoms with van der Waals surface area (Å²) in [7, 11) is 0. The third-order valence-corrected chi connectivity index (χ3v) is 5.18. The van der Waals surface area contributed by atoms with Gasteiger partial charge in [-0.3, -0.25) is 0 Å². The number of fused-ring (bicyclic) bond motifs is 2. The summed E-state index contributed by atoms with van der Waals surface area (Å²) in [6.07, 6.45) is 2.15. The lowest BCUT2D eigenvalue weighted by atomic mass is 9.74. The molecule has 0 amide bonds. The molecule has 0 spiro atoms. The highest BCUT2D eigenvalue weighted by Gasteiger charge is 2.58. The summed E-state index contributed by atoms with van der Waals surface area (Å²) in [5, 5.41) is 9.54. The molecule has 1 unspecified atom stereocenters. The highest BCUT2D eigenvalue weighted by molar-refractivity contribution is 5.39. The predicted octanol–water partition coefficient (Wildman–Crippen LogP) is 3.65. The first kappa shape index (κ1) is 13.7. The summed E-state index contributed by atoms with van der Waals surface area (Å²) >= 11 is 0. The van der Waals surface area contributed by atoms with Gasteiger partial charge in [0.05, 0.1) is 0 Å². The monoisotopic (exact) mass is 285 g/mol. The average molecular weight is 285 g/mol. The maximum Gasteiger partial charge on any atom is 0.172 e. The first-order valence-electron chi connectivity index (χ1n) is 6.90. The summed E-state index contributed by atoms with van der Waals surface area (Å²) in [6.45, 7) is 1.45. The summed E-state index contributed by atoms with van der Waals surface area (Å²) in [6, 6.07) is 0.120. The van der Waals surface area contributed by atoms with Crippen molar-refractivity contribution >= 4 is 0 Å². The third kappa shape index (κ3) is 1.75. The van der Waals surface area contributed by atoms with Crippen LogP contribution in [0, 0.1) is 24.0 Å².